The molecule has 1 aromatic rings. The zero-order valence-corrected chi connectivity index (χ0v) is 13.3. The number of rotatable bonds is 4. The summed E-state index contributed by atoms with van der Waals surface area (Å²) in [6.07, 6.45) is -2.56. The van der Waals surface area contributed by atoms with Crippen molar-refractivity contribution >= 4 is 17.5 Å². The number of aliphatic hydroxyl groups excluding tert-OH is 1. The molecule has 2 atom stereocenters. The number of alkyl halides is 3. The minimum absolute atomic E-state index is 0.0000104. The molecule has 0 saturated heterocycles. The highest BCUT2D eigenvalue weighted by Gasteiger charge is 2.46. The third-order valence-electron chi connectivity index (χ3n) is 4.78. The standard InChI is InChI=1S/C16H17ClF3NO2/c1-8(9-2-3-9)21-6-10-4-11(17)5-12(14(10)15(21)23)13(7-22)16(18,19)20/h4-5,8-9,13,22H,2-3,6-7H2,1H3/t8-,13?/m0/s1. The van der Waals surface area contributed by atoms with Gasteiger partial charge >= 0.3 is 6.18 Å². The number of carbonyl (C=O) groups is 1. The van der Waals surface area contributed by atoms with Crippen molar-refractivity contribution in [2.24, 2.45) is 5.92 Å². The van der Waals surface area contributed by atoms with Gasteiger partial charge in [-0.05, 0) is 48.9 Å². The lowest BCUT2D eigenvalue weighted by Gasteiger charge is -2.24. The van der Waals surface area contributed by atoms with E-state index < -0.39 is 24.6 Å². The number of carbonyl (C=O) groups excluding carboxylic acids is 1. The van der Waals surface area contributed by atoms with Gasteiger partial charge in [0.15, 0.2) is 0 Å². The van der Waals surface area contributed by atoms with Crippen LogP contribution >= 0.6 is 11.6 Å². The zero-order chi connectivity index (χ0) is 16.9. The number of halogens is 4. The Kier molecular flexibility index (Phi) is 4.09. The van der Waals surface area contributed by atoms with Crippen LogP contribution in [0.15, 0.2) is 12.1 Å². The monoisotopic (exact) mass is 347 g/mol. The average Bonchev–Trinajstić information content (AvgIpc) is 3.22. The van der Waals surface area contributed by atoms with Gasteiger partial charge in [-0.3, -0.25) is 4.79 Å². The number of hydrogen-bond donors (Lipinski definition) is 1. The second-order valence-corrected chi connectivity index (χ2v) is 6.75. The number of fused-ring (bicyclic) bond motifs is 1. The summed E-state index contributed by atoms with van der Waals surface area (Å²) >= 11 is 5.95. The van der Waals surface area contributed by atoms with Gasteiger partial charge in [-0.25, -0.2) is 0 Å². The number of aliphatic hydroxyl groups is 1. The smallest absolute Gasteiger partial charge is 0.395 e. The quantitative estimate of drug-likeness (QED) is 0.901. The maximum absolute atomic E-state index is 13.2. The number of benzene rings is 1. The van der Waals surface area contributed by atoms with Crippen molar-refractivity contribution in [2.45, 2.75) is 44.4 Å². The van der Waals surface area contributed by atoms with Gasteiger partial charge in [-0.1, -0.05) is 11.6 Å². The minimum atomic E-state index is -4.64. The van der Waals surface area contributed by atoms with Crippen molar-refractivity contribution in [1.82, 2.24) is 4.90 Å². The van der Waals surface area contributed by atoms with Crippen LogP contribution in [0.5, 0.6) is 0 Å². The molecular formula is C16H17ClF3NO2. The summed E-state index contributed by atoms with van der Waals surface area (Å²) in [5.74, 6) is -2.08. The normalized spacial score (nSPS) is 20.6. The molecule has 1 saturated carbocycles. The average molecular weight is 348 g/mol. The number of amides is 1. The second kappa shape index (κ2) is 5.67. The summed E-state index contributed by atoms with van der Waals surface area (Å²) in [4.78, 5) is 14.3. The predicted molar refractivity (Wildman–Crippen MR) is 79.4 cm³/mol. The fraction of sp³-hybridized carbons (Fsp3) is 0.562. The van der Waals surface area contributed by atoms with E-state index in [1.165, 1.54) is 0 Å². The van der Waals surface area contributed by atoms with Crippen LogP contribution in [0.2, 0.25) is 5.02 Å². The molecule has 0 spiro atoms. The lowest BCUT2D eigenvalue weighted by atomic mass is 9.92. The Morgan fingerprint density at radius 3 is 2.57 bits per heavy atom. The first-order chi connectivity index (χ1) is 10.7. The summed E-state index contributed by atoms with van der Waals surface area (Å²) in [6, 6.07) is 2.70. The van der Waals surface area contributed by atoms with Crippen LogP contribution in [0.25, 0.3) is 0 Å². The van der Waals surface area contributed by atoms with Gasteiger partial charge in [0.05, 0.1) is 6.61 Å². The van der Waals surface area contributed by atoms with Crippen molar-refractivity contribution < 1.29 is 23.1 Å². The van der Waals surface area contributed by atoms with E-state index in [1.54, 1.807) is 11.0 Å². The molecule has 3 rings (SSSR count). The Morgan fingerprint density at radius 2 is 2.04 bits per heavy atom. The topological polar surface area (TPSA) is 40.5 Å². The minimum Gasteiger partial charge on any atom is -0.395 e. The molecule has 1 fully saturated rings. The Hall–Kier alpha value is -1.27. The maximum atomic E-state index is 13.2. The first-order valence-electron chi connectivity index (χ1n) is 7.55. The molecular weight excluding hydrogens is 331 g/mol. The van der Waals surface area contributed by atoms with E-state index in [9.17, 15) is 23.1 Å². The van der Waals surface area contributed by atoms with Crippen LogP contribution < -0.4 is 0 Å². The molecule has 1 unspecified atom stereocenters. The van der Waals surface area contributed by atoms with Crippen molar-refractivity contribution in [2.75, 3.05) is 6.61 Å². The van der Waals surface area contributed by atoms with Crippen molar-refractivity contribution in [3.05, 3.63) is 33.8 Å². The molecule has 1 aromatic carbocycles. The molecule has 1 aliphatic heterocycles. The van der Waals surface area contributed by atoms with E-state index in [0.717, 1.165) is 18.9 Å². The molecule has 0 aromatic heterocycles. The predicted octanol–water partition coefficient (Wildman–Crippen LogP) is 3.73. The van der Waals surface area contributed by atoms with Crippen LogP contribution in [0.4, 0.5) is 13.2 Å². The van der Waals surface area contributed by atoms with Crippen LogP contribution in [0.3, 0.4) is 0 Å². The summed E-state index contributed by atoms with van der Waals surface area (Å²) < 4.78 is 39.6. The van der Waals surface area contributed by atoms with Crippen LogP contribution in [0, 0.1) is 5.92 Å². The second-order valence-electron chi connectivity index (χ2n) is 6.32. The SMILES string of the molecule is C[C@@H](C1CC1)N1Cc2cc(Cl)cc(C(CO)C(F)(F)F)c2C1=O. The van der Waals surface area contributed by atoms with Crippen molar-refractivity contribution in [1.29, 1.82) is 0 Å². The van der Waals surface area contributed by atoms with E-state index in [2.05, 4.69) is 0 Å². The summed E-state index contributed by atoms with van der Waals surface area (Å²) in [5.41, 5.74) is 0.337. The molecule has 1 N–H and O–H groups in total. The van der Waals surface area contributed by atoms with E-state index >= 15 is 0 Å². The fourth-order valence-electron chi connectivity index (χ4n) is 3.29. The summed E-state index contributed by atoms with van der Waals surface area (Å²) in [5, 5.41) is 9.36. The van der Waals surface area contributed by atoms with Gasteiger partial charge in [0, 0.05) is 23.2 Å². The van der Waals surface area contributed by atoms with Crippen LogP contribution in [-0.2, 0) is 6.54 Å². The molecule has 2 aliphatic rings. The Balaban J connectivity index is 2.04. The Bertz CT molecular complexity index is 643. The van der Waals surface area contributed by atoms with Gasteiger partial charge in [0.2, 0.25) is 0 Å². The molecule has 1 amide bonds. The summed E-state index contributed by atoms with van der Waals surface area (Å²) in [7, 11) is 0. The fourth-order valence-corrected chi connectivity index (χ4v) is 3.54. The molecule has 1 heterocycles. The highest BCUT2D eigenvalue weighted by Crippen LogP contribution is 2.43. The molecule has 7 heteroatoms. The van der Waals surface area contributed by atoms with E-state index in [1.807, 2.05) is 6.92 Å². The molecule has 23 heavy (non-hydrogen) atoms. The van der Waals surface area contributed by atoms with E-state index in [-0.39, 0.29) is 28.7 Å². The molecule has 0 radical (unpaired) electrons. The lowest BCUT2D eigenvalue weighted by Crippen LogP contribution is -2.35. The molecule has 3 nitrogen and oxygen atoms in total. The van der Waals surface area contributed by atoms with Gasteiger partial charge in [0.1, 0.15) is 5.92 Å². The van der Waals surface area contributed by atoms with E-state index in [0.29, 0.717) is 11.5 Å². The maximum Gasteiger partial charge on any atom is 0.397 e. The van der Waals surface area contributed by atoms with Gasteiger partial charge in [-0.2, -0.15) is 13.2 Å². The lowest BCUT2D eigenvalue weighted by molar-refractivity contribution is -0.158. The zero-order valence-electron chi connectivity index (χ0n) is 12.5. The molecule has 1 aliphatic carbocycles. The molecule has 0 bridgehead atoms. The molecule has 126 valence electrons. The number of nitrogens with zero attached hydrogens (tertiary/aromatic N) is 1. The largest absolute Gasteiger partial charge is 0.397 e. The van der Waals surface area contributed by atoms with Gasteiger partial charge in [0.25, 0.3) is 5.91 Å². The van der Waals surface area contributed by atoms with Crippen molar-refractivity contribution in [3.8, 4) is 0 Å². The highest BCUT2D eigenvalue weighted by molar-refractivity contribution is 6.31. The van der Waals surface area contributed by atoms with Gasteiger partial charge in [-0.15, -0.1) is 0 Å². The van der Waals surface area contributed by atoms with Crippen molar-refractivity contribution in [3.63, 3.8) is 0 Å². The van der Waals surface area contributed by atoms with E-state index in [4.69, 9.17) is 11.6 Å². The Labute approximate surface area is 137 Å². The van der Waals surface area contributed by atoms with Crippen LogP contribution in [0.1, 0.15) is 47.2 Å². The van der Waals surface area contributed by atoms with Gasteiger partial charge < -0.3 is 10.0 Å². The van der Waals surface area contributed by atoms with Crippen LogP contribution in [-0.4, -0.2) is 34.7 Å². The Morgan fingerprint density at radius 1 is 1.39 bits per heavy atom. The third-order valence-corrected chi connectivity index (χ3v) is 5.00. The first-order valence-corrected chi connectivity index (χ1v) is 7.92. The highest BCUT2D eigenvalue weighted by atomic mass is 35.5. The summed E-state index contributed by atoms with van der Waals surface area (Å²) in [6.45, 7) is 1.09. The number of hydrogen-bond acceptors (Lipinski definition) is 2. The first kappa shape index (κ1) is 16.6. The third kappa shape index (κ3) is 2.94.